The lowest BCUT2D eigenvalue weighted by atomic mass is 10.0. The Balaban J connectivity index is 2.01. The van der Waals surface area contributed by atoms with Crippen LogP contribution >= 0.6 is 0 Å². The molecule has 0 radical (unpaired) electrons. The van der Waals surface area contributed by atoms with Gasteiger partial charge in [-0.3, -0.25) is 14.5 Å². The molecule has 1 unspecified atom stereocenters. The van der Waals surface area contributed by atoms with Crippen molar-refractivity contribution < 1.29 is 14.0 Å². The molecule has 5 nitrogen and oxygen atoms in total. The second kappa shape index (κ2) is 5.14. The summed E-state index contributed by atoms with van der Waals surface area (Å²) >= 11 is 0. The van der Waals surface area contributed by atoms with E-state index in [4.69, 9.17) is 10.2 Å². The van der Waals surface area contributed by atoms with Crippen LogP contribution in [0, 0.1) is 0 Å². The van der Waals surface area contributed by atoms with Gasteiger partial charge in [-0.2, -0.15) is 0 Å². The molecular formula is C12H16N2O3. The van der Waals surface area contributed by atoms with E-state index >= 15 is 0 Å². The maximum atomic E-state index is 11.9. The summed E-state index contributed by atoms with van der Waals surface area (Å²) in [6, 6.07) is 2.99. The number of furan rings is 1. The van der Waals surface area contributed by atoms with Crippen molar-refractivity contribution in [2.75, 3.05) is 13.1 Å². The maximum Gasteiger partial charge on any atom is 0.234 e. The normalized spacial score (nSPS) is 21.3. The molecule has 2 N–H and O–H groups in total. The number of carbonyl (C=O) groups is 2. The minimum absolute atomic E-state index is 0.108. The second-order valence-electron chi connectivity index (χ2n) is 4.28. The van der Waals surface area contributed by atoms with E-state index in [1.165, 1.54) is 6.26 Å². The molecule has 1 atom stereocenters. The van der Waals surface area contributed by atoms with Gasteiger partial charge in [-0.1, -0.05) is 6.42 Å². The number of likely N-dealkylation sites (tertiary alicyclic amines) is 1. The first-order valence-corrected chi connectivity index (χ1v) is 5.78. The zero-order valence-corrected chi connectivity index (χ0v) is 9.59. The predicted molar refractivity (Wildman–Crippen MR) is 61.4 cm³/mol. The molecule has 1 aliphatic rings. The van der Waals surface area contributed by atoms with Crippen LogP contribution in [0.5, 0.6) is 0 Å². The lowest BCUT2D eigenvalue weighted by Crippen LogP contribution is -2.49. The Morgan fingerprint density at radius 2 is 2.29 bits per heavy atom. The second-order valence-corrected chi connectivity index (χ2v) is 4.28. The minimum atomic E-state index is -0.350. The molecule has 1 saturated heterocycles. The summed E-state index contributed by atoms with van der Waals surface area (Å²) in [5.74, 6) is -0.126. The third-order valence-corrected chi connectivity index (χ3v) is 3.08. The van der Waals surface area contributed by atoms with Gasteiger partial charge in [0.05, 0.1) is 18.8 Å². The van der Waals surface area contributed by atoms with E-state index in [1.807, 2.05) is 4.90 Å². The Morgan fingerprint density at radius 3 is 2.94 bits per heavy atom. The number of nitrogens with two attached hydrogens (primary N) is 1. The van der Waals surface area contributed by atoms with E-state index in [1.54, 1.807) is 12.1 Å². The van der Waals surface area contributed by atoms with Crippen molar-refractivity contribution in [1.82, 2.24) is 4.90 Å². The van der Waals surface area contributed by atoms with E-state index in [0.29, 0.717) is 5.76 Å². The average Bonchev–Trinajstić information content (AvgIpc) is 2.83. The molecule has 2 heterocycles. The summed E-state index contributed by atoms with van der Waals surface area (Å²) < 4.78 is 5.04. The number of hydrogen-bond donors (Lipinski definition) is 1. The van der Waals surface area contributed by atoms with Crippen LogP contribution in [-0.4, -0.2) is 35.7 Å². The first-order chi connectivity index (χ1) is 8.18. The maximum absolute atomic E-state index is 11.9. The Bertz CT molecular complexity index is 400. The first-order valence-electron chi connectivity index (χ1n) is 5.78. The fraction of sp³-hybridized carbons (Fsp3) is 0.500. The first kappa shape index (κ1) is 11.9. The third-order valence-electron chi connectivity index (χ3n) is 3.08. The Hall–Kier alpha value is -1.62. The molecule has 1 aromatic rings. The lowest BCUT2D eigenvalue weighted by molar-refractivity contribution is -0.124. The molecule has 0 aliphatic carbocycles. The van der Waals surface area contributed by atoms with Crippen molar-refractivity contribution in [3.63, 3.8) is 0 Å². The minimum Gasteiger partial charge on any atom is -0.461 e. The molecule has 17 heavy (non-hydrogen) atoms. The van der Waals surface area contributed by atoms with Gasteiger partial charge in [0.15, 0.2) is 5.76 Å². The molecular weight excluding hydrogens is 220 g/mol. The molecule has 2 rings (SSSR count). The molecule has 5 heteroatoms. The molecule has 92 valence electrons. The highest BCUT2D eigenvalue weighted by molar-refractivity contribution is 5.95. The Labute approximate surface area is 99.6 Å². The number of piperidine rings is 1. The monoisotopic (exact) mass is 236 g/mol. The van der Waals surface area contributed by atoms with E-state index in [2.05, 4.69) is 0 Å². The smallest absolute Gasteiger partial charge is 0.234 e. The van der Waals surface area contributed by atoms with Gasteiger partial charge in [0.2, 0.25) is 11.7 Å². The molecule has 1 amide bonds. The molecule has 1 aliphatic heterocycles. The van der Waals surface area contributed by atoms with Crippen molar-refractivity contribution in [2.45, 2.75) is 25.3 Å². The standard InChI is InChI=1S/C12H16N2O3/c13-12(16)9-4-1-2-6-14(9)8-10(15)11-5-3-7-17-11/h3,5,7,9H,1-2,4,6,8H2,(H2,13,16). The van der Waals surface area contributed by atoms with Gasteiger partial charge >= 0.3 is 0 Å². The van der Waals surface area contributed by atoms with Crippen molar-refractivity contribution >= 4 is 11.7 Å². The highest BCUT2D eigenvalue weighted by Crippen LogP contribution is 2.17. The van der Waals surface area contributed by atoms with E-state index in [-0.39, 0.29) is 24.3 Å². The van der Waals surface area contributed by atoms with Gasteiger partial charge in [-0.15, -0.1) is 0 Å². The Kier molecular flexibility index (Phi) is 3.58. The van der Waals surface area contributed by atoms with Crippen molar-refractivity contribution in [1.29, 1.82) is 0 Å². The summed E-state index contributed by atoms with van der Waals surface area (Å²) in [7, 11) is 0. The Morgan fingerprint density at radius 1 is 1.47 bits per heavy atom. The van der Waals surface area contributed by atoms with Crippen molar-refractivity contribution in [3.05, 3.63) is 24.2 Å². The number of primary amides is 1. The van der Waals surface area contributed by atoms with Gasteiger partial charge < -0.3 is 10.2 Å². The molecule has 1 aromatic heterocycles. The van der Waals surface area contributed by atoms with Gasteiger partial charge in [0.25, 0.3) is 0 Å². The van der Waals surface area contributed by atoms with Crippen LogP contribution in [-0.2, 0) is 4.79 Å². The van der Waals surface area contributed by atoms with Crippen molar-refractivity contribution in [2.24, 2.45) is 5.73 Å². The number of hydrogen-bond acceptors (Lipinski definition) is 4. The average molecular weight is 236 g/mol. The summed E-state index contributed by atoms with van der Waals surface area (Å²) in [6.45, 7) is 0.932. The third kappa shape index (κ3) is 2.74. The van der Waals surface area contributed by atoms with Gasteiger partial charge in [-0.05, 0) is 31.5 Å². The van der Waals surface area contributed by atoms with E-state index < -0.39 is 0 Å². The van der Waals surface area contributed by atoms with Gasteiger partial charge in [0, 0.05) is 0 Å². The number of rotatable bonds is 4. The van der Waals surface area contributed by atoms with Crippen LogP contribution in [0.3, 0.4) is 0 Å². The van der Waals surface area contributed by atoms with Gasteiger partial charge in [0.1, 0.15) is 0 Å². The fourth-order valence-electron chi connectivity index (χ4n) is 2.20. The van der Waals surface area contributed by atoms with Gasteiger partial charge in [-0.25, -0.2) is 0 Å². The number of nitrogens with zero attached hydrogens (tertiary/aromatic N) is 1. The number of ketones is 1. The predicted octanol–water partition coefficient (Wildman–Crippen LogP) is 0.802. The molecule has 0 saturated carbocycles. The van der Waals surface area contributed by atoms with Crippen LogP contribution in [0.1, 0.15) is 29.8 Å². The molecule has 0 spiro atoms. The molecule has 0 bridgehead atoms. The van der Waals surface area contributed by atoms with E-state index in [9.17, 15) is 9.59 Å². The summed E-state index contributed by atoms with van der Waals surface area (Å²) in [5, 5.41) is 0. The quantitative estimate of drug-likeness (QED) is 0.784. The zero-order valence-electron chi connectivity index (χ0n) is 9.59. The number of Topliss-reactive ketones (excluding diaryl/α,β-unsaturated/α-hetero) is 1. The van der Waals surface area contributed by atoms with Crippen molar-refractivity contribution in [3.8, 4) is 0 Å². The zero-order chi connectivity index (χ0) is 12.3. The number of carbonyl (C=O) groups excluding carboxylic acids is 2. The highest BCUT2D eigenvalue weighted by atomic mass is 16.3. The summed E-state index contributed by atoms with van der Waals surface area (Å²) in [5.41, 5.74) is 5.34. The van der Waals surface area contributed by atoms with Crippen LogP contribution in [0.25, 0.3) is 0 Å². The lowest BCUT2D eigenvalue weighted by Gasteiger charge is -2.32. The number of amides is 1. The van der Waals surface area contributed by atoms with Crippen LogP contribution in [0.4, 0.5) is 0 Å². The largest absolute Gasteiger partial charge is 0.461 e. The fourth-order valence-corrected chi connectivity index (χ4v) is 2.20. The van der Waals surface area contributed by atoms with Crippen LogP contribution in [0.2, 0.25) is 0 Å². The van der Waals surface area contributed by atoms with Crippen LogP contribution < -0.4 is 5.73 Å². The topological polar surface area (TPSA) is 76.5 Å². The molecule has 0 aromatic carbocycles. The SMILES string of the molecule is NC(=O)C1CCCCN1CC(=O)c1ccco1. The summed E-state index contributed by atoms with van der Waals surface area (Å²) in [4.78, 5) is 25.0. The summed E-state index contributed by atoms with van der Waals surface area (Å²) in [6.07, 6.45) is 4.18. The molecule has 1 fully saturated rings. The highest BCUT2D eigenvalue weighted by Gasteiger charge is 2.28. The van der Waals surface area contributed by atoms with Crippen LogP contribution in [0.15, 0.2) is 22.8 Å². The van der Waals surface area contributed by atoms with E-state index in [0.717, 1.165) is 25.8 Å².